The van der Waals surface area contributed by atoms with Gasteiger partial charge in [0.15, 0.2) is 0 Å². The van der Waals surface area contributed by atoms with Crippen molar-refractivity contribution in [2.24, 2.45) is 0 Å². The third kappa shape index (κ3) is 3.26. The number of hydrogen-bond acceptors (Lipinski definition) is 3. The zero-order valence-corrected chi connectivity index (χ0v) is 11.4. The second-order valence-electron chi connectivity index (χ2n) is 3.86. The van der Waals surface area contributed by atoms with Crippen LogP contribution in [0.2, 0.25) is 0 Å². The van der Waals surface area contributed by atoms with E-state index in [9.17, 15) is 9.90 Å². The van der Waals surface area contributed by atoms with Crippen LogP contribution in [0.5, 0.6) is 11.5 Å². The molecule has 5 heteroatoms. The third-order valence-corrected chi connectivity index (χ3v) is 3.04. The maximum absolute atomic E-state index is 11.0. The SMILES string of the molecule is O=C(O)c1ccccc1OCc1cc(Br)ccc1O. The zero-order chi connectivity index (χ0) is 13.8. The van der Waals surface area contributed by atoms with Gasteiger partial charge in [0.2, 0.25) is 0 Å². The van der Waals surface area contributed by atoms with E-state index in [0.29, 0.717) is 5.56 Å². The van der Waals surface area contributed by atoms with Crippen LogP contribution < -0.4 is 4.74 Å². The zero-order valence-electron chi connectivity index (χ0n) is 9.84. The first-order valence-electron chi connectivity index (χ1n) is 5.50. The van der Waals surface area contributed by atoms with Gasteiger partial charge in [-0.15, -0.1) is 0 Å². The number of hydrogen-bond donors (Lipinski definition) is 2. The molecule has 2 aromatic carbocycles. The lowest BCUT2D eigenvalue weighted by molar-refractivity contribution is 0.0692. The number of carbonyl (C=O) groups is 1. The third-order valence-electron chi connectivity index (χ3n) is 2.54. The molecule has 19 heavy (non-hydrogen) atoms. The first kappa shape index (κ1) is 13.4. The van der Waals surface area contributed by atoms with E-state index in [1.807, 2.05) is 0 Å². The highest BCUT2D eigenvalue weighted by atomic mass is 79.9. The molecular formula is C14H11BrO4. The van der Waals surface area contributed by atoms with Gasteiger partial charge < -0.3 is 14.9 Å². The van der Waals surface area contributed by atoms with Crippen LogP contribution in [0.15, 0.2) is 46.9 Å². The normalized spacial score (nSPS) is 10.2. The molecule has 0 unspecified atom stereocenters. The van der Waals surface area contributed by atoms with Crippen LogP contribution >= 0.6 is 15.9 Å². The van der Waals surface area contributed by atoms with Crippen molar-refractivity contribution in [1.82, 2.24) is 0 Å². The molecule has 0 heterocycles. The average Bonchev–Trinajstić information content (AvgIpc) is 2.40. The molecular weight excluding hydrogens is 312 g/mol. The van der Waals surface area contributed by atoms with Gasteiger partial charge in [0.05, 0.1) is 0 Å². The molecule has 2 N–H and O–H groups in total. The summed E-state index contributed by atoms with van der Waals surface area (Å²) >= 11 is 3.30. The summed E-state index contributed by atoms with van der Waals surface area (Å²) in [6.07, 6.45) is 0. The van der Waals surface area contributed by atoms with Gasteiger partial charge in [0.25, 0.3) is 0 Å². The number of ether oxygens (including phenoxy) is 1. The Balaban J connectivity index is 2.19. The fraction of sp³-hybridized carbons (Fsp3) is 0.0714. The second-order valence-corrected chi connectivity index (χ2v) is 4.78. The largest absolute Gasteiger partial charge is 0.508 e. The molecule has 2 rings (SSSR count). The van der Waals surface area contributed by atoms with Crippen LogP contribution in [0.25, 0.3) is 0 Å². The molecule has 0 aliphatic carbocycles. The Hall–Kier alpha value is -2.01. The fourth-order valence-electron chi connectivity index (χ4n) is 1.59. The summed E-state index contributed by atoms with van der Waals surface area (Å²) in [4.78, 5) is 11.0. The lowest BCUT2D eigenvalue weighted by Crippen LogP contribution is -2.03. The van der Waals surface area contributed by atoms with Crippen LogP contribution in [0, 0.1) is 0 Å². The molecule has 0 saturated heterocycles. The van der Waals surface area contributed by atoms with E-state index in [0.717, 1.165) is 4.47 Å². The van der Waals surface area contributed by atoms with E-state index in [4.69, 9.17) is 9.84 Å². The van der Waals surface area contributed by atoms with Crippen LogP contribution in [0.3, 0.4) is 0 Å². The van der Waals surface area contributed by atoms with E-state index < -0.39 is 5.97 Å². The monoisotopic (exact) mass is 322 g/mol. The van der Waals surface area contributed by atoms with Gasteiger partial charge in [-0.05, 0) is 30.3 Å². The molecule has 0 radical (unpaired) electrons. The van der Waals surface area contributed by atoms with Crippen molar-refractivity contribution in [2.45, 2.75) is 6.61 Å². The van der Waals surface area contributed by atoms with E-state index in [-0.39, 0.29) is 23.7 Å². The second kappa shape index (κ2) is 5.75. The molecule has 0 atom stereocenters. The number of aromatic hydroxyl groups is 1. The Bertz CT molecular complexity index is 610. The molecule has 0 amide bonds. The smallest absolute Gasteiger partial charge is 0.339 e. The van der Waals surface area contributed by atoms with Crippen molar-refractivity contribution in [2.75, 3.05) is 0 Å². The minimum Gasteiger partial charge on any atom is -0.508 e. The predicted octanol–water partition coefficient (Wildman–Crippen LogP) is 3.43. The van der Waals surface area contributed by atoms with Gasteiger partial charge in [-0.3, -0.25) is 0 Å². The molecule has 98 valence electrons. The van der Waals surface area contributed by atoms with Crippen molar-refractivity contribution in [1.29, 1.82) is 0 Å². The Kier molecular flexibility index (Phi) is 4.06. The summed E-state index contributed by atoms with van der Waals surface area (Å²) in [5.74, 6) is -0.667. The molecule has 0 saturated carbocycles. The first-order valence-corrected chi connectivity index (χ1v) is 6.30. The molecule has 0 spiro atoms. The summed E-state index contributed by atoms with van der Waals surface area (Å²) in [6.45, 7) is 0.0928. The van der Waals surface area contributed by atoms with Gasteiger partial charge >= 0.3 is 5.97 Å². The lowest BCUT2D eigenvalue weighted by atomic mass is 10.2. The molecule has 4 nitrogen and oxygen atoms in total. The minimum absolute atomic E-state index is 0.0928. The van der Waals surface area contributed by atoms with Crippen molar-refractivity contribution < 1.29 is 19.7 Å². The van der Waals surface area contributed by atoms with Gasteiger partial charge in [0.1, 0.15) is 23.7 Å². The maximum atomic E-state index is 11.0. The fourth-order valence-corrected chi connectivity index (χ4v) is 2.00. The number of carboxylic acid groups (broad SMARTS) is 1. The van der Waals surface area contributed by atoms with E-state index >= 15 is 0 Å². The standard InChI is InChI=1S/C14H11BrO4/c15-10-5-6-12(16)9(7-10)8-19-13-4-2-1-3-11(13)14(17)18/h1-7,16H,8H2,(H,17,18). The van der Waals surface area contributed by atoms with Gasteiger partial charge in [-0.1, -0.05) is 28.1 Å². The number of phenols is 1. The van der Waals surface area contributed by atoms with E-state index in [1.54, 1.807) is 36.4 Å². The number of rotatable bonds is 4. The van der Waals surface area contributed by atoms with Crippen molar-refractivity contribution >= 4 is 21.9 Å². The number of para-hydroxylation sites is 1. The number of carboxylic acids is 1. The Morgan fingerprint density at radius 1 is 1.21 bits per heavy atom. The first-order chi connectivity index (χ1) is 9.08. The highest BCUT2D eigenvalue weighted by Gasteiger charge is 2.11. The van der Waals surface area contributed by atoms with Gasteiger partial charge in [0, 0.05) is 10.0 Å². The molecule has 2 aromatic rings. The summed E-state index contributed by atoms with van der Waals surface area (Å²) < 4.78 is 6.27. The number of halogens is 1. The number of benzene rings is 2. The Labute approximate surface area is 118 Å². The van der Waals surface area contributed by atoms with Crippen molar-refractivity contribution in [3.05, 3.63) is 58.1 Å². The molecule has 0 aliphatic heterocycles. The van der Waals surface area contributed by atoms with Gasteiger partial charge in [-0.2, -0.15) is 0 Å². The van der Waals surface area contributed by atoms with Crippen LogP contribution in [0.4, 0.5) is 0 Å². The minimum atomic E-state index is -1.05. The molecule has 0 fully saturated rings. The number of aromatic carboxylic acids is 1. The Morgan fingerprint density at radius 3 is 2.68 bits per heavy atom. The van der Waals surface area contributed by atoms with Crippen LogP contribution in [-0.2, 0) is 6.61 Å². The highest BCUT2D eigenvalue weighted by Crippen LogP contribution is 2.25. The lowest BCUT2D eigenvalue weighted by Gasteiger charge is -2.10. The quantitative estimate of drug-likeness (QED) is 0.905. The summed E-state index contributed by atoms with van der Waals surface area (Å²) in [7, 11) is 0. The Morgan fingerprint density at radius 2 is 1.95 bits per heavy atom. The van der Waals surface area contributed by atoms with Gasteiger partial charge in [-0.25, -0.2) is 4.79 Å². The molecule has 0 aliphatic rings. The number of phenolic OH excluding ortho intramolecular Hbond substituents is 1. The highest BCUT2D eigenvalue weighted by molar-refractivity contribution is 9.10. The summed E-state index contributed by atoms with van der Waals surface area (Å²) in [5.41, 5.74) is 0.673. The predicted molar refractivity (Wildman–Crippen MR) is 73.5 cm³/mol. The van der Waals surface area contributed by atoms with Crippen LogP contribution in [0.1, 0.15) is 15.9 Å². The van der Waals surface area contributed by atoms with Crippen LogP contribution in [-0.4, -0.2) is 16.2 Å². The van der Waals surface area contributed by atoms with E-state index in [2.05, 4.69) is 15.9 Å². The van der Waals surface area contributed by atoms with E-state index in [1.165, 1.54) is 6.07 Å². The van der Waals surface area contributed by atoms with Crippen molar-refractivity contribution in [3.8, 4) is 11.5 Å². The topological polar surface area (TPSA) is 66.8 Å². The molecule has 0 bridgehead atoms. The van der Waals surface area contributed by atoms with Crippen molar-refractivity contribution in [3.63, 3.8) is 0 Å². The molecule has 0 aromatic heterocycles. The summed E-state index contributed by atoms with van der Waals surface area (Å²) in [5, 5.41) is 18.7. The summed E-state index contributed by atoms with van der Waals surface area (Å²) in [6, 6.07) is 11.4. The maximum Gasteiger partial charge on any atom is 0.339 e. The average molecular weight is 323 g/mol.